The number of rotatable bonds is 5. The van der Waals surface area contributed by atoms with Gasteiger partial charge < -0.3 is 20.5 Å². The van der Waals surface area contributed by atoms with E-state index in [2.05, 4.69) is 22.3 Å². The lowest BCUT2D eigenvalue weighted by atomic mass is 9.75. The number of carboxylic acid groups (broad SMARTS) is 1. The molecule has 1 aliphatic carbocycles. The molecule has 7 nitrogen and oxygen atoms in total. The van der Waals surface area contributed by atoms with Crippen LogP contribution in [0, 0.1) is 5.92 Å². The Balaban J connectivity index is 2.57. The molecule has 0 aromatic carbocycles. The van der Waals surface area contributed by atoms with Gasteiger partial charge in [0.05, 0.1) is 7.11 Å². The van der Waals surface area contributed by atoms with Crippen LogP contribution in [0.25, 0.3) is 0 Å². The summed E-state index contributed by atoms with van der Waals surface area (Å²) in [5.41, 5.74) is -1.23. The molecular formula is C13H22N2O5. The normalized spacial score (nSPS) is 25.6. The van der Waals surface area contributed by atoms with Crippen LogP contribution >= 0.6 is 0 Å². The third-order valence-electron chi connectivity index (χ3n) is 3.92. The summed E-state index contributed by atoms with van der Waals surface area (Å²) in [6, 6.07) is -0.659. The van der Waals surface area contributed by atoms with Crippen LogP contribution in [0.1, 0.15) is 39.0 Å². The Morgan fingerprint density at radius 3 is 2.35 bits per heavy atom. The molecular weight excluding hydrogens is 264 g/mol. The summed E-state index contributed by atoms with van der Waals surface area (Å²) in [5.74, 6) is -1.10. The zero-order chi connectivity index (χ0) is 15.2. The van der Waals surface area contributed by atoms with Crippen molar-refractivity contribution in [3.8, 4) is 0 Å². The molecule has 2 amide bonds. The van der Waals surface area contributed by atoms with Gasteiger partial charge in [-0.05, 0) is 31.6 Å². The van der Waals surface area contributed by atoms with Crippen molar-refractivity contribution in [3.63, 3.8) is 0 Å². The van der Waals surface area contributed by atoms with Crippen LogP contribution in [0.5, 0.6) is 0 Å². The Morgan fingerprint density at radius 1 is 1.30 bits per heavy atom. The molecule has 0 aliphatic heterocycles. The molecule has 0 saturated heterocycles. The van der Waals surface area contributed by atoms with Crippen LogP contribution in [0.15, 0.2) is 0 Å². The first-order valence-electron chi connectivity index (χ1n) is 6.79. The van der Waals surface area contributed by atoms with E-state index in [1.165, 1.54) is 7.11 Å². The van der Waals surface area contributed by atoms with E-state index < -0.39 is 23.5 Å². The average Bonchev–Trinajstić information content (AvgIpc) is 2.45. The predicted octanol–water partition coefficient (Wildman–Crippen LogP) is 0.882. The van der Waals surface area contributed by atoms with Gasteiger partial charge in [-0.3, -0.25) is 4.79 Å². The number of esters is 1. The minimum atomic E-state index is -1.23. The van der Waals surface area contributed by atoms with Crippen molar-refractivity contribution in [2.45, 2.75) is 44.6 Å². The summed E-state index contributed by atoms with van der Waals surface area (Å²) in [7, 11) is 1.21. The fraction of sp³-hybridized carbons (Fsp3) is 0.769. The number of carboxylic acids is 1. The highest BCUT2D eigenvalue weighted by molar-refractivity contribution is 5.87. The van der Waals surface area contributed by atoms with Crippen LogP contribution in [0.2, 0.25) is 0 Å². The minimum absolute atomic E-state index is 0.282. The van der Waals surface area contributed by atoms with E-state index >= 15 is 0 Å². The molecule has 7 heteroatoms. The molecule has 1 fully saturated rings. The summed E-state index contributed by atoms with van der Waals surface area (Å²) in [5, 5.41) is 14.2. The van der Waals surface area contributed by atoms with E-state index in [1.54, 1.807) is 0 Å². The molecule has 114 valence electrons. The monoisotopic (exact) mass is 286 g/mol. The van der Waals surface area contributed by atoms with Crippen molar-refractivity contribution in [1.29, 1.82) is 0 Å². The highest BCUT2D eigenvalue weighted by Gasteiger charge is 2.42. The third kappa shape index (κ3) is 4.11. The van der Waals surface area contributed by atoms with Gasteiger partial charge in [-0.2, -0.15) is 0 Å². The molecule has 3 N–H and O–H groups in total. The van der Waals surface area contributed by atoms with E-state index in [0.717, 1.165) is 19.3 Å². The number of aliphatic carboxylic acids is 1. The lowest BCUT2D eigenvalue weighted by Gasteiger charge is -2.37. The zero-order valence-corrected chi connectivity index (χ0v) is 11.9. The number of amides is 2. The highest BCUT2D eigenvalue weighted by Crippen LogP contribution is 2.33. The Hall–Kier alpha value is -1.79. The standard InChI is InChI=1S/C13H22N2O5/c1-3-9-4-6-13(7-5-9,11(17)18)15-12(19)14-8-10(16)20-2/h9H,3-8H2,1-2H3,(H,17,18)(H2,14,15,19). The maximum atomic E-state index is 11.7. The van der Waals surface area contributed by atoms with Crippen molar-refractivity contribution in [2.24, 2.45) is 5.92 Å². The second kappa shape index (κ2) is 7.12. The number of carbonyl (C=O) groups is 3. The Labute approximate surface area is 118 Å². The van der Waals surface area contributed by atoms with Crippen LogP contribution in [0.3, 0.4) is 0 Å². The first-order chi connectivity index (χ1) is 9.43. The van der Waals surface area contributed by atoms with Crippen molar-refractivity contribution < 1.29 is 24.2 Å². The SMILES string of the molecule is CCC1CCC(NC(=O)NCC(=O)OC)(C(=O)O)CC1. The van der Waals surface area contributed by atoms with Crippen LogP contribution in [0.4, 0.5) is 4.79 Å². The summed E-state index contributed by atoms with van der Waals surface area (Å²) < 4.78 is 4.39. The number of methoxy groups -OCH3 is 1. The van der Waals surface area contributed by atoms with E-state index in [4.69, 9.17) is 0 Å². The summed E-state index contributed by atoms with van der Waals surface area (Å²) in [6.45, 7) is 1.80. The predicted molar refractivity (Wildman–Crippen MR) is 71.2 cm³/mol. The van der Waals surface area contributed by atoms with Gasteiger partial charge in [-0.1, -0.05) is 13.3 Å². The average molecular weight is 286 g/mol. The van der Waals surface area contributed by atoms with E-state index in [1.807, 2.05) is 0 Å². The van der Waals surface area contributed by atoms with Crippen molar-refractivity contribution in [1.82, 2.24) is 10.6 Å². The molecule has 0 bridgehead atoms. The first-order valence-corrected chi connectivity index (χ1v) is 6.79. The van der Waals surface area contributed by atoms with E-state index in [0.29, 0.717) is 18.8 Å². The molecule has 0 aromatic heterocycles. The van der Waals surface area contributed by atoms with Crippen molar-refractivity contribution in [2.75, 3.05) is 13.7 Å². The van der Waals surface area contributed by atoms with E-state index in [-0.39, 0.29) is 6.54 Å². The largest absolute Gasteiger partial charge is 0.480 e. The molecule has 0 atom stereocenters. The van der Waals surface area contributed by atoms with Gasteiger partial charge in [0, 0.05) is 0 Å². The number of urea groups is 1. The summed E-state index contributed by atoms with van der Waals surface area (Å²) in [4.78, 5) is 34.1. The third-order valence-corrected chi connectivity index (χ3v) is 3.92. The number of ether oxygens (including phenoxy) is 1. The smallest absolute Gasteiger partial charge is 0.329 e. The maximum Gasteiger partial charge on any atom is 0.329 e. The molecule has 20 heavy (non-hydrogen) atoms. The number of nitrogens with one attached hydrogen (secondary N) is 2. The fourth-order valence-corrected chi connectivity index (χ4v) is 2.46. The van der Waals surface area contributed by atoms with E-state index in [9.17, 15) is 19.5 Å². The fourth-order valence-electron chi connectivity index (χ4n) is 2.46. The Kier molecular flexibility index (Phi) is 5.79. The number of carbonyl (C=O) groups excluding carboxylic acids is 2. The van der Waals surface area contributed by atoms with Gasteiger partial charge in [0.2, 0.25) is 0 Å². The molecule has 0 heterocycles. The second-order valence-corrected chi connectivity index (χ2v) is 5.12. The van der Waals surface area contributed by atoms with Gasteiger partial charge in [0.15, 0.2) is 0 Å². The highest BCUT2D eigenvalue weighted by atomic mass is 16.5. The lowest BCUT2D eigenvalue weighted by molar-refractivity contribution is -0.146. The zero-order valence-electron chi connectivity index (χ0n) is 11.9. The first kappa shape index (κ1) is 16.3. The number of hydrogen-bond donors (Lipinski definition) is 3. The van der Waals surface area contributed by atoms with Crippen LogP contribution in [-0.2, 0) is 14.3 Å². The van der Waals surface area contributed by atoms with Crippen molar-refractivity contribution >= 4 is 18.0 Å². The maximum absolute atomic E-state index is 11.7. The number of hydrogen-bond acceptors (Lipinski definition) is 4. The second-order valence-electron chi connectivity index (χ2n) is 5.12. The van der Waals surface area contributed by atoms with Gasteiger partial charge in [0.25, 0.3) is 0 Å². The van der Waals surface area contributed by atoms with Gasteiger partial charge >= 0.3 is 18.0 Å². The van der Waals surface area contributed by atoms with Gasteiger partial charge in [0.1, 0.15) is 12.1 Å². The molecule has 1 rings (SSSR count). The van der Waals surface area contributed by atoms with Crippen molar-refractivity contribution in [3.05, 3.63) is 0 Å². The lowest BCUT2D eigenvalue weighted by Crippen LogP contribution is -2.59. The quantitative estimate of drug-likeness (QED) is 0.651. The minimum Gasteiger partial charge on any atom is -0.480 e. The topological polar surface area (TPSA) is 105 Å². The molecule has 0 radical (unpaired) electrons. The van der Waals surface area contributed by atoms with Crippen LogP contribution < -0.4 is 10.6 Å². The Morgan fingerprint density at radius 2 is 1.90 bits per heavy atom. The molecule has 0 unspecified atom stereocenters. The molecule has 1 saturated carbocycles. The summed E-state index contributed by atoms with van der Waals surface area (Å²) in [6.07, 6.45) is 3.39. The van der Waals surface area contributed by atoms with Crippen LogP contribution in [-0.4, -0.2) is 42.3 Å². The Bertz CT molecular complexity index is 375. The molecule has 0 aromatic rings. The summed E-state index contributed by atoms with van der Waals surface area (Å²) >= 11 is 0. The van der Waals surface area contributed by atoms with Gasteiger partial charge in [-0.25, -0.2) is 9.59 Å². The molecule has 1 aliphatic rings. The van der Waals surface area contributed by atoms with Gasteiger partial charge in [-0.15, -0.1) is 0 Å². The molecule has 0 spiro atoms.